The van der Waals surface area contributed by atoms with E-state index in [4.69, 9.17) is 0 Å². The van der Waals surface area contributed by atoms with Crippen LogP contribution in [0.3, 0.4) is 0 Å². The fourth-order valence-corrected chi connectivity index (χ4v) is 6.02. The van der Waals surface area contributed by atoms with Gasteiger partial charge in [-0.1, -0.05) is 61.9 Å². The maximum absolute atomic E-state index is 2.53. The topological polar surface area (TPSA) is 4.93 Å². The molecule has 0 saturated carbocycles. The molecule has 3 aromatic carbocycles. The van der Waals surface area contributed by atoms with Crippen molar-refractivity contribution >= 4 is 43.2 Å². The lowest BCUT2D eigenvalue weighted by atomic mass is 9.79. The average Bonchev–Trinajstić information content (AvgIpc) is 3.17. The highest BCUT2D eigenvalue weighted by Crippen LogP contribution is 2.52. The van der Waals surface area contributed by atoms with Crippen molar-refractivity contribution in [1.29, 1.82) is 0 Å². The normalized spacial score (nSPS) is 15.0. The molecule has 3 heterocycles. The molecule has 0 aliphatic carbocycles. The van der Waals surface area contributed by atoms with Crippen LogP contribution in [0.5, 0.6) is 0 Å². The number of thiophene rings is 1. The molecule has 0 unspecified atom stereocenters. The van der Waals surface area contributed by atoms with Gasteiger partial charge in [0.1, 0.15) is 0 Å². The highest BCUT2D eigenvalue weighted by molar-refractivity contribution is 7.19. The summed E-state index contributed by atoms with van der Waals surface area (Å²) in [4.78, 5) is 1.47. The Morgan fingerprint density at radius 1 is 0.846 bits per heavy atom. The molecule has 1 aliphatic rings. The molecule has 0 N–H and O–H groups in total. The van der Waals surface area contributed by atoms with Gasteiger partial charge in [-0.15, -0.1) is 11.3 Å². The summed E-state index contributed by atoms with van der Waals surface area (Å²) in [6.07, 6.45) is 0. The van der Waals surface area contributed by atoms with Crippen molar-refractivity contribution in [2.75, 3.05) is 0 Å². The number of hydrogen-bond donors (Lipinski definition) is 0. The Bertz CT molecular complexity index is 1360. The van der Waals surface area contributed by atoms with Crippen LogP contribution < -0.4 is 0 Å². The van der Waals surface area contributed by atoms with E-state index in [-0.39, 0.29) is 5.41 Å². The van der Waals surface area contributed by atoms with Gasteiger partial charge in [0.2, 0.25) is 0 Å². The molecular formula is C24H19NS. The summed E-state index contributed by atoms with van der Waals surface area (Å²) >= 11 is 1.95. The van der Waals surface area contributed by atoms with Gasteiger partial charge in [-0.3, -0.25) is 0 Å². The number of aryl methyl sites for hydroxylation is 1. The Morgan fingerprint density at radius 3 is 2.54 bits per heavy atom. The first-order valence-electron chi connectivity index (χ1n) is 9.14. The minimum Gasteiger partial charge on any atom is -0.307 e. The summed E-state index contributed by atoms with van der Waals surface area (Å²) in [5.74, 6) is 0. The molecule has 126 valence electrons. The van der Waals surface area contributed by atoms with E-state index in [1.54, 1.807) is 0 Å². The minimum atomic E-state index is 0.0119. The van der Waals surface area contributed by atoms with Gasteiger partial charge in [0.05, 0.1) is 16.7 Å². The van der Waals surface area contributed by atoms with Crippen LogP contribution in [0.25, 0.3) is 37.6 Å². The third kappa shape index (κ3) is 1.57. The molecule has 0 radical (unpaired) electrons. The van der Waals surface area contributed by atoms with Crippen LogP contribution in [0.4, 0.5) is 0 Å². The zero-order chi connectivity index (χ0) is 17.6. The molecule has 0 bridgehead atoms. The summed E-state index contributed by atoms with van der Waals surface area (Å²) in [6, 6.07) is 22.5. The zero-order valence-corrected chi connectivity index (χ0v) is 15.9. The zero-order valence-electron chi connectivity index (χ0n) is 15.1. The Hall–Kier alpha value is -2.58. The highest BCUT2D eigenvalue weighted by atomic mass is 32.1. The van der Waals surface area contributed by atoms with Gasteiger partial charge in [-0.2, -0.15) is 0 Å². The van der Waals surface area contributed by atoms with E-state index in [1.807, 2.05) is 11.3 Å². The Kier molecular flexibility index (Phi) is 2.56. The lowest BCUT2D eigenvalue weighted by Gasteiger charge is -2.32. The van der Waals surface area contributed by atoms with E-state index in [2.05, 4.69) is 86.0 Å². The number of nitrogens with zero attached hydrogens (tertiary/aromatic N) is 1. The van der Waals surface area contributed by atoms with Gasteiger partial charge in [0.25, 0.3) is 0 Å². The van der Waals surface area contributed by atoms with Crippen LogP contribution in [0.1, 0.15) is 29.9 Å². The van der Waals surface area contributed by atoms with E-state index >= 15 is 0 Å². The van der Waals surface area contributed by atoms with Crippen molar-refractivity contribution in [1.82, 2.24) is 4.57 Å². The molecule has 5 aromatic rings. The van der Waals surface area contributed by atoms with Crippen molar-refractivity contribution in [3.63, 3.8) is 0 Å². The Morgan fingerprint density at radius 2 is 1.65 bits per heavy atom. The SMILES string of the molecule is Cc1ccc2c(c1)c1cccc3c1n2-c1c(sc2ccccc12)C3(C)C. The third-order valence-corrected chi connectivity index (χ3v) is 7.46. The van der Waals surface area contributed by atoms with Crippen molar-refractivity contribution in [2.45, 2.75) is 26.2 Å². The number of hydrogen-bond acceptors (Lipinski definition) is 1. The molecule has 0 atom stereocenters. The summed E-state index contributed by atoms with van der Waals surface area (Å²) < 4.78 is 3.90. The molecule has 1 aliphatic heterocycles. The first kappa shape index (κ1) is 14.6. The van der Waals surface area contributed by atoms with E-state index in [0.29, 0.717) is 0 Å². The number of rotatable bonds is 0. The molecule has 6 rings (SSSR count). The van der Waals surface area contributed by atoms with Gasteiger partial charge in [-0.25, -0.2) is 0 Å². The maximum Gasteiger partial charge on any atom is 0.0689 e. The number of para-hydroxylation sites is 1. The Balaban J connectivity index is 1.96. The van der Waals surface area contributed by atoms with Gasteiger partial charge in [-0.05, 0) is 30.7 Å². The highest BCUT2D eigenvalue weighted by Gasteiger charge is 2.37. The third-order valence-electron chi connectivity index (χ3n) is 5.98. The van der Waals surface area contributed by atoms with Gasteiger partial charge >= 0.3 is 0 Å². The largest absolute Gasteiger partial charge is 0.307 e. The van der Waals surface area contributed by atoms with Crippen LogP contribution in [-0.4, -0.2) is 4.57 Å². The van der Waals surface area contributed by atoms with Crippen LogP contribution in [0.2, 0.25) is 0 Å². The predicted octanol–water partition coefficient (Wildman–Crippen LogP) is 6.95. The van der Waals surface area contributed by atoms with Crippen molar-refractivity contribution in [3.8, 4) is 5.69 Å². The number of aromatic nitrogens is 1. The lowest BCUT2D eigenvalue weighted by molar-refractivity contribution is 0.647. The van der Waals surface area contributed by atoms with Crippen LogP contribution >= 0.6 is 11.3 Å². The summed E-state index contributed by atoms with van der Waals surface area (Å²) in [7, 11) is 0. The molecule has 0 fully saturated rings. The van der Waals surface area contributed by atoms with E-state index < -0.39 is 0 Å². The minimum absolute atomic E-state index is 0.0119. The predicted molar refractivity (Wildman–Crippen MR) is 113 cm³/mol. The molecule has 26 heavy (non-hydrogen) atoms. The second kappa shape index (κ2) is 4.57. The second-order valence-electron chi connectivity index (χ2n) is 7.96. The molecule has 2 aromatic heterocycles. The number of fused-ring (bicyclic) bond motifs is 7. The lowest BCUT2D eigenvalue weighted by Crippen LogP contribution is -2.24. The fraction of sp³-hybridized carbons (Fsp3) is 0.167. The van der Waals surface area contributed by atoms with Gasteiger partial charge in [0, 0.05) is 31.2 Å². The van der Waals surface area contributed by atoms with E-state index in [1.165, 1.54) is 53.6 Å². The smallest absolute Gasteiger partial charge is 0.0689 e. The van der Waals surface area contributed by atoms with Crippen LogP contribution in [-0.2, 0) is 5.41 Å². The van der Waals surface area contributed by atoms with Crippen molar-refractivity contribution in [2.24, 2.45) is 0 Å². The summed E-state index contributed by atoms with van der Waals surface area (Å²) in [5.41, 5.74) is 6.85. The fourth-order valence-electron chi connectivity index (χ4n) is 4.72. The Labute approximate surface area is 156 Å². The molecule has 0 amide bonds. The molecule has 0 spiro atoms. The van der Waals surface area contributed by atoms with Crippen LogP contribution in [0, 0.1) is 6.92 Å². The van der Waals surface area contributed by atoms with Crippen molar-refractivity contribution < 1.29 is 0 Å². The second-order valence-corrected chi connectivity index (χ2v) is 9.01. The van der Waals surface area contributed by atoms with Gasteiger partial charge in [0.15, 0.2) is 0 Å². The first-order chi connectivity index (χ1) is 12.6. The number of benzene rings is 3. The molecule has 0 saturated heterocycles. The quantitative estimate of drug-likeness (QED) is 0.284. The standard InChI is InChI=1S/C24H19NS/c1-14-11-12-19-17(13-14)15-8-6-9-18-21(15)25(19)22-16-7-4-5-10-20(16)26-23(22)24(18,2)3/h4-13H,1-3H3. The van der Waals surface area contributed by atoms with E-state index in [9.17, 15) is 0 Å². The van der Waals surface area contributed by atoms with E-state index in [0.717, 1.165) is 0 Å². The average molecular weight is 353 g/mol. The first-order valence-corrected chi connectivity index (χ1v) is 9.95. The van der Waals surface area contributed by atoms with Crippen molar-refractivity contribution in [3.05, 3.63) is 76.7 Å². The van der Waals surface area contributed by atoms with Gasteiger partial charge < -0.3 is 4.57 Å². The maximum atomic E-state index is 2.53. The monoisotopic (exact) mass is 353 g/mol. The summed E-state index contributed by atoms with van der Waals surface area (Å²) in [5, 5.41) is 4.10. The van der Waals surface area contributed by atoms with Crippen LogP contribution in [0.15, 0.2) is 60.7 Å². The molecular weight excluding hydrogens is 334 g/mol. The molecule has 1 nitrogen and oxygen atoms in total. The summed E-state index contributed by atoms with van der Waals surface area (Å²) in [6.45, 7) is 6.94. The molecule has 2 heteroatoms.